The molecule has 0 unspecified atom stereocenters. The van der Waals surface area contributed by atoms with E-state index < -0.39 is 17.3 Å². The fourth-order valence-corrected chi connectivity index (χ4v) is 2.55. The van der Waals surface area contributed by atoms with Crippen molar-refractivity contribution >= 4 is 12.1 Å². The number of alkyl halides is 3. The molecule has 1 aromatic rings. The number of guanidine groups is 1. The molecule has 0 saturated carbocycles. The first-order valence-corrected chi connectivity index (χ1v) is 9.14. The van der Waals surface area contributed by atoms with Gasteiger partial charge < -0.3 is 20.3 Å². The number of carbonyl (C=O) groups excluding carboxylic acids is 1. The van der Waals surface area contributed by atoms with E-state index in [0.29, 0.717) is 37.7 Å². The van der Waals surface area contributed by atoms with Crippen molar-refractivity contribution in [1.82, 2.24) is 9.80 Å². The van der Waals surface area contributed by atoms with Crippen molar-refractivity contribution in [2.24, 2.45) is 10.7 Å². The Morgan fingerprint density at radius 3 is 2.17 bits per heavy atom. The van der Waals surface area contributed by atoms with Gasteiger partial charge in [0.25, 0.3) is 0 Å². The molecule has 0 spiro atoms. The van der Waals surface area contributed by atoms with Crippen LogP contribution in [0.1, 0.15) is 31.9 Å². The van der Waals surface area contributed by atoms with Crippen LogP contribution in [0.15, 0.2) is 29.3 Å². The van der Waals surface area contributed by atoms with Crippen molar-refractivity contribution < 1.29 is 22.7 Å². The Balaban J connectivity index is 1.83. The lowest BCUT2D eigenvalue weighted by Crippen LogP contribution is -2.53. The van der Waals surface area contributed by atoms with Crippen molar-refractivity contribution in [2.75, 3.05) is 32.7 Å². The maximum atomic E-state index is 12.5. The zero-order chi connectivity index (χ0) is 21.7. The topological polar surface area (TPSA) is 71.2 Å². The molecule has 1 amide bonds. The number of halogens is 3. The summed E-state index contributed by atoms with van der Waals surface area (Å²) in [5, 5.41) is 0. The number of amides is 1. The molecule has 1 saturated heterocycles. The van der Waals surface area contributed by atoms with Crippen LogP contribution in [-0.2, 0) is 10.9 Å². The molecule has 0 aromatic heterocycles. The molecule has 1 aromatic carbocycles. The van der Waals surface area contributed by atoms with E-state index in [1.165, 1.54) is 12.1 Å². The number of nitrogens with zero attached hydrogens (tertiary/aromatic N) is 3. The molecule has 1 aliphatic rings. The predicted molar refractivity (Wildman–Crippen MR) is 104 cm³/mol. The third-order valence-corrected chi connectivity index (χ3v) is 4.02. The van der Waals surface area contributed by atoms with Crippen LogP contribution in [0.4, 0.5) is 18.0 Å². The maximum Gasteiger partial charge on any atom is 0.416 e. The molecule has 0 atom stereocenters. The molecular formula is C20H25F3N4O2. The number of hydrogen-bond acceptors (Lipinski definition) is 3. The number of hydrogen-bond donors (Lipinski definition) is 1. The van der Waals surface area contributed by atoms with Gasteiger partial charge >= 0.3 is 12.3 Å². The molecule has 1 fully saturated rings. The minimum atomic E-state index is -4.36. The van der Waals surface area contributed by atoms with E-state index in [1.807, 2.05) is 25.7 Å². The molecule has 2 rings (SSSR count). The first kappa shape index (κ1) is 22.4. The lowest BCUT2D eigenvalue weighted by Gasteiger charge is -2.36. The summed E-state index contributed by atoms with van der Waals surface area (Å²) >= 11 is 0. The summed E-state index contributed by atoms with van der Waals surface area (Å²) in [4.78, 5) is 19.7. The van der Waals surface area contributed by atoms with E-state index in [9.17, 15) is 18.0 Å². The lowest BCUT2D eigenvalue weighted by atomic mass is 10.1. The quantitative estimate of drug-likeness (QED) is 0.439. The molecule has 158 valence electrons. The standard InChI is InChI=1S/C20H25F3N4O2/c1-19(2,3)29-18(28)27-13-11-26(12-14-27)17(24)25-10-4-5-15-6-8-16(9-7-15)20(21,22)23/h6-9H,10-14H2,1-3H3,(H2,24,25). The van der Waals surface area contributed by atoms with Gasteiger partial charge in [-0.05, 0) is 45.0 Å². The molecule has 0 bridgehead atoms. The van der Waals surface area contributed by atoms with Gasteiger partial charge in [-0.3, -0.25) is 0 Å². The van der Waals surface area contributed by atoms with Gasteiger partial charge in [0.05, 0.1) is 5.56 Å². The monoisotopic (exact) mass is 410 g/mol. The Bertz CT molecular complexity index is 794. The van der Waals surface area contributed by atoms with Crippen molar-refractivity contribution in [1.29, 1.82) is 0 Å². The molecule has 1 aliphatic heterocycles. The maximum absolute atomic E-state index is 12.5. The highest BCUT2D eigenvalue weighted by atomic mass is 19.4. The number of ether oxygens (including phenoxy) is 1. The van der Waals surface area contributed by atoms with Gasteiger partial charge in [0.2, 0.25) is 0 Å². The van der Waals surface area contributed by atoms with Crippen LogP contribution in [0.3, 0.4) is 0 Å². The highest BCUT2D eigenvalue weighted by molar-refractivity contribution is 5.78. The number of carbonyl (C=O) groups is 1. The van der Waals surface area contributed by atoms with E-state index >= 15 is 0 Å². The van der Waals surface area contributed by atoms with Crippen LogP contribution >= 0.6 is 0 Å². The van der Waals surface area contributed by atoms with Crippen LogP contribution in [0.25, 0.3) is 0 Å². The highest BCUT2D eigenvalue weighted by Gasteiger charge is 2.30. The van der Waals surface area contributed by atoms with E-state index in [2.05, 4.69) is 16.8 Å². The number of benzene rings is 1. The highest BCUT2D eigenvalue weighted by Crippen LogP contribution is 2.28. The van der Waals surface area contributed by atoms with Gasteiger partial charge in [0.1, 0.15) is 12.1 Å². The average molecular weight is 410 g/mol. The predicted octanol–water partition coefficient (Wildman–Crippen LogP) is 2.92. The Morgan fingerprint density at radius 2 is 1.66 bits per heavy atom. The Morgan fingerprint density at radius 1 is 1.10 bits per heavy atom. The third kappa shape index (κ3) is 7.22. The first-order valence-electron chi connectivity index (χ1n) is 9.14. The Labute approximate surface area is 168 Å². The summed E-state index contributed by atoms with van der Waals surface area (Å²) in [5.41, 5.74) is 5.18. The van der Waals surface area contributed by atoms with Gasteiger partial charge in [-0.25, -0.2) is 9.79 Å². The molecule has 0 radical (unpaired) electrons. The zero-order valence-corrected chi connectivity index (χ0v) is 16.7. The Hall–Kier alpha value is -2.89. The first-order chi connectivity index (χ1) is 13.5. The smallest absolute Gasteiger partial charge is 0.416 e. The van der Waals surface area contributed by atoms with Crippen LogP contribution in [0.2, 0.25) is 0 Å². The second-order valence-electron chi connectivity index (χ2n) is 7.51. The van der Waals surface area contributed by atoms with Crippen LogP contribution < -0.4 is 5.73 Å². The van der Waals surface area contributed by atoms with Gasteiger partial charge in [0, 0.05) is 31.7 Å². The van der Waals surface area contributed by atoms with Gasteiger partial charge in [-0.2, -0.15) is 13.2 Å². The van der Waals surface area contributed by atoms with Crippen LogP contribution in [0, 0.1) is 11.8 Å². The molecule has 2 N–H and O–H groups in total. The van der Waals surface area contributed by atoms with E-state index in [-0.39, 0.29) is 12.6 Å². The Kier molecular flexibility index (Phi) is 7.01. The van der Waals surface area contributed by atoms with Crippen molar-refractivity contribution in [3.8, 4) is 11.8 Å². The van der Waals surface area contributed by atoms with Gasteiger partial charge in [-0.1, -0.05) is 11.8 Å². The lowest BCUT2D eigenvalue weighted by molar-refractivity contribution is -0.137. The number of piperazine rings is 1. The minimum absolute atomic E-state index is 0.124. The number of nitrogens with two attached hydrogens (primary N) is 1. The number of aliphatic imine (C=N–C) groups is 1. The molecule has 0 aliphatic carbocycles. The summed E-state index contributed by atoms with van der Waals surface area (Å²) < 4.78 is 42.9. The van der Waals surface area contributed by atoms with E-state index in [0.717, 1.165) is 12.1 Å². The molecule has 29 heavy (non-hydrogen) atoms. The van der Waals surface area contributed by atoms with Gasteiger partial charge in [-0.15, -0.1) is 0 Å². The summed E-state index contributed by atoms with van der Waals surface area (Å²) in [6, 6.07) is 4.62. The SMILES string of the molecule is CC(C)(C)OC(=O)N1CCN(C(N)=NCC#Cc2ccc(C(F)(F)F)cc2)CC1. The van der Waals surface area contributed by atoms with Crippen LogP contribution in [0.5, 0.6) is 0 Å². The number of rotatable bonds is 1. The fourth-order valence-electron chi connectivity index (χ4n) is 2.55. The van der Waals surface area contributed by atoms with E-state index in [4.69, 9.17) is 10.5 Å². The molecule has 6 nitrogen and oxygen atoms in total. The molecular weight excluding hydrogens is 385 g/mol. The van der Waals surface area contributed by atoms with Crippen molar-refractivity contribution in [2.45, 2.75) is 32.5 Å². The average Bonchev–Trinajstić information content (AvgIpc) is 2.63. The molecule has 9 heteroatoms. The van der Waals surface area contributed by atoms with Gasteiger partial charge in [0.15, 0.2) is 5.96 Å². The third-order valence-electron chi connectivity index (χ3n) is 4.02. The summed E-state index contributed by atoms with van der Waals surface area (Å²) in [6.45, 7) is 7.58. The van der Waals surface area contributed by atoms with E-state index in [1.54, 1.807) is 4.90 Å². The van der Waals surface area contributed by atoms with Crippen molar-refractivity contribution in [3.05, 3.63) is 35.4 Å². The zero-order valence-electron chi connectivity index (χ0n) is 16.7. The second kappa shape index (κ2) is 9.07. The minimum Gasteiger partial charge on any atom is -0.444 e. The fraction of sp³-hybridized carbons (Fsp3) is 0.500. The van der Waals surface area contributed by atoms with Crippen molar-refractivity contribution in [3.63, 3.8) is 0 Å². The summed E-state index contributed by atoms with van der Waals surface area (Å²) in [6.07, 6.45) is -4.71. The normalized spacial score (nSPS) is 15.6. The van der Waals surface area contributed by atoms with Crippen LogP contribution in [-0.4, -0.2) is 60.2 Å². The second-order valence-corrected chi connectivity index (χ2v) is 7.51. The summed E-state index contributed by atoms with van der Waals surface area (Å²) in [7, 11) is 0. The summed E-state index contributed by atoms with van der Waals surface area (Å²) in [5.74, 6) is 5.85. The molecule has 1 heterocycles. The largest absolute Gasteiger partial charge is 0.444 e.